The molecule has 4 heteroatoms. The summed E-state index contributed by atoms with van der Waals surface area (Å²) in [5.74, 6) is 1.10. The van der Waals surface area contributed by atoms with Gasteiger partial charge in [0.2, 0.25) is 0 Å². The number of carbonyl (C=O) groups is 1. The fraction of sp³-hybridized carbons (Fsp3) is 0.500. The van der Waals surface area contributed by atoms with Crippen LogP contribution in [-0.4, -0.2) is 38.2 Å². The number of nitrogens with one attached hydrogen (secondary N) is 1. The van der Waals surface area contributed by atoms with Crippen LogP contribution in [0.25, 0.3) is 0 Å². The number of ether oxygens (including phenoxy) is 2. The summed E-state index contributed by atoms with van der Waals surface area (Å²) in [6.45, 7) is 2.92. The Morgan fingerprint density at radius 1 is 1.39 bits per heavy atom. The van der Waals surface area contributed by atoms with Crippen LogP contribution in [0.5, 0.6) is 5.75 Å². The van der Waals surface area contributed by atoms with Crippen molar-refractivity contribution >= 4 is 5.78 Å². The summed E-state index contributed by atoms with van der Waals surface area (Å²) in [5, 5.41) is 3.30. The Hall–Kier alpha value is -1.39. The third-order valence-corrected chi connectivity index (χ3v) is 3.44. The molecule has 0 saturated carbocycles. The van der Waals surface area contributed by atoms with Crippen LogP contribution < -0.4 is 10.1 Å². The van der Waals surface area contributed by atoms with Crippen molar-refractivity contribution in [3.63, 3.8) is 0 Å². The minimum Gasteiger partial charge on any atom is -0.493 e. The number of morpholine rings is 1. The van der Waals surface area contributed by atoms with Crippen molar-refractivity contribution in [2.75, 3.05) is 26.4 Å². The predicted octanol–water partition coefficient (Wildman–Crippen LogP) is 1.18. The molecule has 1 unspecified atom stereocenters. The average molecular weight is 247 g/mol. The zero-order chi connectivity index (χ0) is 12.4. The van der Waals surface area contributed by atoms with E-state index in [0.29, 0.717) is 13.0 Å². The molecule has 0 aliphatic carbocycles. The first-order valence-electron chi connectivity index (χ1n) is 6.43. The molecule has 0 amide bonds. The van der Waals surface area contributed by atoms with Crippen molar-refractivity contribution in [2.45, 2.75) is 18.9 Å². The van der Waals surface area contributed by atoms with Gasteiger partial charge in [0, 0.05) is 31.0 Å². The zero-order valence-corrected chi connectivity index (χ0v) is 10.3. The lowest BCUT2D eigenvalue weighted by atomic mass is 10.0. The SMILES string of the molecule is O=C(CC1COCCN1)c1ccc2c(c1)CCO2. The molecule has 3 rings (SSSR count). The van der Waals surface area contributed by atoms with Gasteiger partial charge in [0.1, 0.15) is 5.75 Å². The molecule has 1 aromatic carbocycles. The van der Waals surface area contributed by atoms with Crippen LogP contribution in [0.2, 0.25) is 0 Å². The van der Waals surface area contributed by atoms with Crippen LogP contribution in [0.4, 0.5) is 0 Å². The first-order valence-corrected chi connectivity index (χ1v) is 6.43. The number of hydrogen-bond donors (Lipinski definition) is 1. The van der Waals surface area contributed by atoms with Gasteiger partial charge in [-0.05, 0) is 23.8 Å². The number of carbonyl (C=O) groups excluding carboxylic acids is 1. The van der Waals surface area contributed by atoms with Gasteiger partial charge >= 0.3 is 0 Å². The van der Waals surface area contributed by atoms with Crippen molar-refractivity contribution in [3.8, 4) is 5.75 Å². The molecular formula is C14H17NO3. The van der Waals surface area contributed by atoms with E-state index in [1.165, 1.54) is 0 Å². The molecule has 0 radical (unpaired) electrons. The van der Waals surface area contributed by atoms with E-state index in [4.69, 9.17) is 9.47 Å². The molecule has 96 valence electrons. The summed E-state index contributed by atoms with van der Waals surface area (Å²) in [4.78, 5) is 12.2. The van der Waals surface area contributed by atoms with E-state index in [9.17, 15) is 4.79 Å². The van der Waals surface area contributed by atoms with Crippen molar-refractivity contribution in [3.05, 3.63) is 29.3 Å². The largest absolute Gasteiger partial charge is 0.493 e. The normalized spacial score (nSPS) is 22.3. The molecular weight excluding hydrogens is 230 g/mol. The quantitative estimate of drug-likeness (QED) is 0.815. The summed E-state index contributed by atoms with van der Waals surface area (Å²) in [6.07, 6.45) is 1.40. The molecule has 4 nitrogen and oxygen atoms in total. The van der Waals surface area contributed by atoms with Crippen LogP contribution in [0.15, 0.2) is 18.2 Å². The highest BCUT2D eigenvalue weighted by atomic mass is 16.5. The Balaban J connectivity index is 1.68. The van der Waals surface area contributed by atoms with Gasteiger partial charge in [0.25, 0.3) is 0 Å². The van der Waals surface area contributed by atoms with Crippen LogP contribution >= 0.6 is 0 Å². The third kappa shape index (κ3) is 2.40. The molecule has 1 fully saturated rings. The fourth-order valence-electron chi connectivity index (χ4n) is 2.45. The number of fused-ring (bicyclic) bond motifs is 1. The molecule has 1 N–H and O–H groups in total. The molecule has 2 aliphatic heterocycles. The highest BCUT2D eigenvalue weighted by Crippen LogP contribution is 2.26. The second-order valence-electron chi connectivity index (χ2n) is 4.77. The maximum Gasteiger partial charge on any atom is 0.164 e. The second kappa shape index (κ2) is 5.08. The van der Waals surface area contributed by atoms with Crippen LogP contribution in [0, 0.1) is 0 Å². The highest BCUT2D eigenvalue weighted by Gasteiger charge is 2.19. The Morgan fingerprint density at radius 2 is 2.33 bits per heavy atom. The molecule has 2 heterocycles. The third-order valence-electron chi connectivity index (χ3n) is 3.44. The van der Waals surface area contributed by atoms with E-state index >= 15 is 0 Å². The summed E-state index contributed by atoms with van der Waals surface area (Å²) in [6, 6.07) is 5.88. The van der Waals surface area contributed by atoms with Gasteiger partial charge in [-0.3, -0.25) is 4.79 Å². The molecule has 1 aromatic rings. The van der Waals surface area contributed by atoms with Gasteiger partial charge in [0.05, 0.1) is 19.8 Å². The number of Topliss-reactive ketones (excluding diaryl/α,β-unsaturated/α-hetero) is 1. The molecule has 1 atom stereocenters. The lowest BCUT2D eigenvalue weighted by Gasteiger charge is -2.23. The second-order valence-corrected chi connectivity index (χ2v) is 4.77. The summed E-state index contributed by atoms with van der Waals surface area (Å²) in [7, 11) is 0. The summed E-state index contributed by atoms with van der Waals surface area (Å²) >= 11 is 0. The summed E-state index contributed by atoms with van der Waals surface area (Å²) < 4.78 is 10.8. The van der Waals surface area contributed by atoms with Crippen LogP contribution in [0.1, 0.15) is 22.3 Å². The van der Waals surface area contributed by atoms with E-state index < -0.39 is 0 Å². The Labute approximate surface area is 106 Å². The fourth-order valence-corrected chi connectivity index (χ4v) is 2.45. The van der Waals surface area contributed by atoms with E-state index in [-0.39, 0.29) is 11.8 Å². The van der Waals surface area contributed by atoms with E-state index in [2.05, 4.69) is 5.32 Å². The van der Waals surface area contributed by atoms with Gasteiger partial charge in [-0.15, -0.1) is 0 Å². The van der Waals surface area contributed by atoms with Gasteiger partial charge in [0.15, 0.2) is 5.78 Å². The minimum absolute atomic E-state index is 0.149. The zero-order valence-electron chi connectivity index (χ0n) is 10.3. The topological polar surface area (TPSA) is 47.6 Å². The molecule has 0 aromatic heterocycles. The molecule has 18 heavy (non-hydrogen) atoms. The van der Waals surface area contributed by atoms with Gasteiger partial charge in [-0.25, -0.2) is 0 Å². The van der Waals surface area contributed by atoms with Crippen molar-refractivity contribution < 1.29 is 14.3 Å². The van der Waals surface area contributed by atoms with Crippen molar-refractivity contribution in [1.29, 1.82) is 0 Å². The average Bonchev–Trinajstić information content (AvgIpc) is 2.87. The maximum atomic E-state index is 12.2. The van der Waals surface area contributed by atoms with E-state index in [1.54, 1.807) is 0 Å². The van der Waals surface area contributed by atoms with Crippen molar-refractivity contribution in [1.82, 2.24) is 5.32 Å². The summed E-state index contributed by atoms with van der Waals surface area (Å²) in [5.41, 5.74) is 1.93. The molecule has 2 aliphatic rings. The van der Waals surface area contributed by atoms with E-state index in [0.717, 1.165) is 43.1 Å². The Morgan fingerprint density at radius 3 is 3.17 bits per heavy atom. The number of benzene rings is 1. The van der Waals surface area contributed by atoms with Gasteiger partial charge in [-0.2, -0.15) is 0 Å². The lowest BCUT2D eigenvalue weighted by Crippen LogP contribution is -2.42. The van der Waals surface area contributed by atoms with Gasteiger partial charge in [-0.1, -0.05) is 0 Å². The smallest absolute Gasteiger partial charge is 0.164 e. The van der Waals surface area contributed by atoms with Crippen LogP contribution in [0.3, 0.4) is 0 Å². The first-order chi connectivity index (χ1) is 8.83. The standard InChI is InChI=1S/C14H17NO3/c16-13(8-12-9-17-6-4-15-12)10-1-2-14-11(7-10)3-5-18-14/h1-2,7,12,15H,3-6,8-9H2. The van der Waals surface area contributed by atoms with Crippen molar-refractivity contribution in [2.24, 2.45) is 0 Å². The van der Waals surface area contributed by atoms with E-state index in [1.807, 2.05) is 18.2 Å². The highest BCUT2D eigenvalue weighted by molar-refractivity contribution is 5.96. The Kier molecular flexibility index (Phi) is 3.30. The van der Waals surface area contributed by atoms with Gasteiger partial charge < -0.3 is 14.8 Å². The maximum absolute atomic E-state index is 12.2. The molecule has 0 spiro atoms. The number of ketones is 1. The molecule has 0 bridgehead atoms. The monoisotopic (exact) mass is 247 g/mol. The first kappa shape index (κ1) is 11.7. The number of rotatable bonds is 3. The Bertz CT molecular complexity index is 452. The molecule has 1 saturated heterocycles. The minimum atomic E-state index is 0.149. The number of hydrogen-bond acceptors (Lipinski definition) is 4. The van der Waals surface area contributed by atoms with Crippen LogP contribution in [-0.2, 0) is 11.2 Å². The lowest BCUT2D eigenvalue weighted by molar-refractivity contribution is 0.0676. The predicted molar refractivity (Wildman–Crippen MR) is 67.2 cm³/mol.